The van der Waals surface area contributed by atoms with Crippen LogP contribution < -0.4 is 5.32 Å². The van der Waals surface area contributed by atoms with E-state index in [1.165, 1.54) is 19.3 Å². The van der Waals surface area contributed by atoms with Crippen molar-refractivity contribution in [2.45, 2.75) is 44.6 Å². The summed E-state index contributed by atoms with van der Waals surface area (Å²) >= 11 is 0. The zero-order chi connectivity index (χ0) is 17.2. The minimum atomic E-state index is -0.235. The number of hydrogen-bond donors (Lipinski definition) is 1. The van der Waals surface area contributed by atoms with E-state index >= 15 is 0 Å². The lowest BCUT2D eigenvalue weighted by Crippen LogP contribution is -2.38. The van der Waals surface area contributed by atoms with Gasteiger partial charge in [-0.1, -0.05) is 49.6 Å². The molecule has 1 atom stereocenters. The topological polar surface area (TPSA) is 49.4 Å². The highest BCUT2D eigenvalue weighted by molar-refractivity contribution is 5.98. The fourth-order valence-corrected chi connectivity index (χ4v) is 4.16. The normalized spacial score (nSPS) is 21.7. The van der Waals surface area contributed by atoms with Crippen LogP contribution in [0.1, 0.15) is 38.5 Å². The summed E-state index contributed by atoms with van der Waals surface area (Å²) in [7, 11) is 0. The lowest BCUT2D eigenvalue weighted by Gasteiger charge is -2.31. The Hall–Kier alpha value is -2.36. The molecule has 2 aromatic rings. The third-order valence-corrected chi connectivity index (χ3v) is 5.56. The van der Waals surface area contributed by atoms with E-state index in [2.05, 4.69) is 11.4 Å². The molecule has 2 fully saturated rings. The number of nitrogens with zero attached hydrogens (tertiary/aromatic N) is 1. The number of carbonyl (C=O) groups is 2. The van der Waals surface area contributed by atoms with Crippen LogP contribution in [0.2, 0.25) is 0 Å². The second kappa shape index (κ2) is 6.87. The van der Waals surface area contributed by atoms with Crippen molar-refractivity contribution in [3.05, 3.63) is 42.5 Å². The van der Waals surface area contributed by atoms with E-state index < -0.39 is 0 Å². The van der Waals surface area contributed by atoms with E-state index in [9.17, 15) is 9.59 Å². The van der Waals surface area contributed by atoms with Gasteiger partial charge in [-0.05, 0) is 35.7 Å². The van der Waals surface area contributed by atoms with Gasteiger partial charge in [0.1, 0.15) is 0 Å². The first-order chi connectivity index (χ1) is 12.2. The average Bonchev–Trinajstić information content (AvgIpc) is 3.04. The molecule has 1 saturated carbocycles. The maximum atomic E-state index is 12.6. The molecule has 4 rings (SSSR count). The fourth-order valence-electron chi connectivity index (χ4n) is 4.16. The largest absolute Gasteiger partial charge is 0.339 e. The van der Waals surface area contributed by atoms with E-state index in [4.69, 9.17) is 0 Å². The first kappa shape index (κ1) is 16.1. The third-order valence-electron chi connectivity index (χ3n) is 5.56. The Morgan fingerprint density at radius 3 is 2.56 bits per heavy atom. The van der Waals surface area contributed by atoms with Crippen LogP contribution in [0.15, 0.2) is 42.5 Å². The second-order valence-electron chi connectivity index (χ2n) is 7.29. The zero-order valence-corrected chi connectivity index (χ0v) is 14.4. The van der Waals surface area contributed by atoms with Crippen LogP contribution in [0, 0.1) is 5.92 Å². The molecule has 0 unspecified atom stereocenters. The summed E-state index contributed by atoms with van der Waals surface area (Å²) in [5.41, 5.74) is 0.798. The summed E-state index contributed by atoms with van der Waals surface area (Å²) in [6.45, 7) is 0.572. The van der Waals surface area contributed by atoms with Crippen molar-refractivity contribution in [3.8, 4) is 0 Å². The van der Waals surface area contributed by atoms with E-state index in [1.807, 2.05) is 41.3 Å². The minimum Gasteiger partial charge on any atom is -0.339 e. The number of rotatable bonds is 3. The SMILES string of the molecule is O=C(Nc1ccc2ccccc2c1)[C@@H]1CC(=O)N(C2CCCCC2)C1. The average molecular weight is 336 g/mol. The summed E-state index contributed by atoms with van der Waals surface area (Å²) in [6, 6.07) is 14.4. The predicted octanol–water partition coefficient (Wildman–Crippen LogP) is 3.96. The summed E-state index contributed by atoms with van der Waals surface area (Å²) < 4.78 is 0. The number of fused-ring (bicyclic) bond motifs is 1. The van der Waals surface area contributed by atoms with Crippen LogP contribution in [-0.4, -0.2) is 29.3 Å². The van der Waals surface area contributed by atoms with Crippen molar-refractivity contribution in [1.29, 1.82) is 0 Å². The number of likely N-dealkylation sites (tertiary alicyclic amines) is 1. The van der Waals surface area contributed by atoms with Crippen molar-refractivity contribution >= 4 is 28.3 Å². The molecule has 0 aromatic heterocycles. The monoisotopic (exact) mass is 336 g/mol. The molecule has 1 N–H and O–H groups in total. The molecule has 0 radical (unpaired) electrons. The number of benzene rings is 2. The molecule has 2 aliphatic rings. The van der Waals surface area contributed by atoms with Gasteiger partial charge in [-0.25, -0.2) is 0 Å². The Morgan fingerprint density at radius 1 is 1.00 bits per heavy atom. The number of amides is 2. The number of hydrogen-bond acceptors (Lipinski definition) is 2. The highest BCUT2D eigenvalue weighted by atomic mass is 16.2. The Bertz CT molecular complexity index is 795. The van der Waals surface area contributed by atoms with Crippen LogP contribution in [0.5, 0.6) is 0 Å². The first-order valence-electron chi connectivity index (χ1n) is 9.30. The second-order valence-corrected chi connectivity index (χ2v) is 7.29. The van der Waals surface area contributed by atoms with Crippen LogP contribution in [-0.2, 0) is 9.59 Å². The van der Waals surface area contributed by atoms with Crippen LogP contribution in [0.3, 0.4) is 0 Å². The van der Waals surface area contributed by atoms with E-state index in [0.29, 0.717) is 19.0 Å². The van der Waals surface area contributed by atoms with Gasteiger partial charge in [-0.15, -0.1) is 0 Å². The van der Waals surface area contributed by atoms with E-state index in [1.54, 1.807) is 0 Å². The van der Waals surface area contributed by atoms with Gasteiger partial charge >= 0.3 is 0 Å². The van der Waals surface area contributed by atoms with E-state index in [0.717, 1.165) is 29.3 Å². The Balaban J connectivity index is 1.43. The molecule has 0 bridgehead atoms. The van der Waals surface area contributed by atoms with Gasteiger partial charge in [0.15, 0.2) is 0 Å². The maximum Gasteiger partial charge on any atom is 0.229 e. The summed E-state index contributed by atoms with van der Waals surface area (Å²) in [4.78, 5) is 27.0. The fraction of sp³-hybridized carbons (Fsp3) is 0.429. The Labute approximate surface area is 148 Å². The van der Waals surface area contributed by atoms with Gasteiger partial charge in [0.05, 0.1) is 5.92 Å². The Kier molecular flexibility index (Phi) is 4.43. The van der Waals surface area contributed by atoms with Gasteiger partial charge in [0, 0.05) is 24.7 Å². The lowest BCUT2D eigenvalue weighted by atomic mass is 9.94. The molecule has 130 valence electrons. The predicted molar refractivity (Wildman–Crippen MR) is 99.3 cm³/mol. The smallest absolute Gasteiger partial charge is 0.229 e. The highest BCUT2D eigenvalue weighted by Gasteiger charge is 2.38. The number of anilines is 1. The summed E-state index contributed by atoms with van der Waals surface area (Å²) in [6.07, 6.45) is 6.18. The molecule has 1 aliphatic carbocycles. The van der Waals surface area contributed by atoms with Crippen molar-refractivity contribution in [1.82, 2.24) is 4.90 Å². The van der Waals surface area contributed by atoms with Crippen LogP contribution >= 0.6 is 0 Å². The van der Waals surface area contributed by atoms with Gasteiger partial charge in [-0.3, -0.25) is 9.59 Å². The third kappa shape index (κ3) is 3.39. The van der Waals surface area contributed by atoms with Crippen molar-refractivity contribution in [2.24, 2.45) is 5.92 Å². The molecule has 1 heterocycles. The molecular weight excluding hydrogens is 312 g/mol. The Morgan fingerprint density at radius 2 is 1.76 bits per heavy atom. The van der Waals surface area contributed by atoms with Crippen LogP contribution in [0.25, 0.3) is 10.8 Å². The lowest BCUT2D eigenvalue weighted by molar-refractivity contribution is -0.130. The molecular formula is C21H24N2O2. The van der Waals surface area contributed by atoms with Crippen molar-refractivity contribution < 1.29 is 9.59 Å². The molecule has 1 saturated heterocycles. The van der Waals surface area contributed by atoms with Gasteiger partial charge < -0.3 is 10.2 Å². The number of nitrogens with one attached hydrogen (secondary N) is 1. The van der Waals surface area contributed by atoms with Gasteiger partial charge in [0.2, 0.25) is 11.8 Å². The standard InChI is InChI=1S/C21H24N2O2/c24-20-13-17(14-23(20)19-8-2-1-3-9-19)21(25)22-18-11-10-15-6-4-5-7-16(15)12-18/h4-7,10-12,17,19H,1-3,8-9,13-14H2,(H,22,25)/t17-/m1/s1. The van der Waals surface area contributed by atoms with Gasteiger partial charge in [0.25, 0.3) is 0 Å². The molecule has 1 aliphatic heterocycles. The molecule has 25 heavy (non-hydrogen) atoms. The zero-order valence-electron chi connectivity index (χ0n) is 14.4. The van der Waals surface area contributed by atoms with Crippen molar-refractivity contribution in [2.75, 3.05) is 11.9 Å². The van der Waals surface area contributed by atoms with Crippen LogP contribution in [0.4, 0.5) is 5.69 Å². The molecule has 4 nitrogen and oxygen atoms in total. The maximum absolute atomic E-state index is 12.6. The summed E-state index contributed by atoms with van der Waals surface area (Å²) in [5, 5.41) is 5.26. The minimum absolute atomic E-state index is 0.0399. The van der Waals surface area contributed by atoms with E-state index in [-0.39, 0.29) is 17.7 Å². The van der Waals surface area contributed by atoms with Gasteiger partial charge in [-0.2, -0.15) is 0 Å². The molecule has 0 spiro atoms. The molecule has 2 aromatic carbocycles. The molecule has 4 heteroatoms. The highest BCUT2D eigenvalue weighted by Crippen LogP contribution is 2.29. The first-order valence-corrected chi connectivity index (χ1v) is 9.30. The number of carbonyl (C=O) groups excluding carboxylic acids is 2. The quantitative estimate of drug-likeness (QED) is 0.922. The van der Waals surface area contributed by atoms with Crippen molar-refractivity contribution in [3.63, 3.8) is 0 Å². The summed E-state index contributed by atoms with van der Waals surface area (Å²) in [5.74, 6) is -0.131. The molecule has 2 amide bonds.